The summed E-state index contributed by atoms with van der Waals surface area (Å²) < 4.78 is 13.0. The van der Waals surface area contributed by atoms with Crippen molar-refractivity contribution < 1.29 is 9.50 Å². The molecular weight excluding hydrogens is 216 g/mol. The Morgan fingerprint density at radius 2 is 2.12 bits per heavy atom. The third-order valence-electron chi connectivity index (χ3n) is 2.79. The molecule has 2 unspecified atom stereocenters. The first-order valence-corrected chi connectivity index (χ1v) is 5.33. The molecule has 1 rings (SSSR count). The van der Waals surface area contributed by atoms with E-state index in [0.29, 0.717) is 6.42 Å². The minimum Gasteiger partial charge on any atom is -0.374 e. The van der Waals surface area contributed by atoms with Crippen LogP contribution in [0.3, 0.4) is 0 Å². The first kappa shape index (κ1) is 13.8. The van der Waals surface area contributed by atoms with Crippen LogP contribution in [0.5, 0.6) is 0 Å². The van der Waals surface area contributed by atoms with Gasteiger partial charge in [0.2, 0.25) is 0 Å². The van der Waals surface area contributed by atoms with Gasteiger partial charge < -0.3 is 5.11 Å². The second-order valence-electron chi connectivity index (χ2n) is 3.98. The molecule has 0 saturated carbocycles. The fourth-order valence-corrected chi connectivity index (χ4v) is 1.56. The Hall–Kier alpha value is -1.31. The van der Waals surface area contributed by atoms with Gasteiger partial charge in [-0.15, -0.1) is 6.42 Å². The Morgan fingerprint density at radius 1 is 1.53 bits per heavy atom. The molecule has 88 valence electrons. The van der Waals surface area contributed by atoms with Gasteiger partial charge in [-0.3, -0.25) is 4.90 Å². The Labute approximate surface area is 103 Å². The number of halogens is 1. The number of rotatable bonds is 5. The maximum atomic E-state index is 13.0. The fourth-order valence-electron chi connectivity index (χ4n) is 1.56. The minimum absolute atomic E-state index is 0.440. The van der Waals surface area contributed by atoms with Gasteiger partial charge in [-0.25, -0.2) is 4.39 Å². The SMILES string of the molecule is [B]C(O)(C#C)N(C)C(CF)Cc1ccccc1. The Balaban J connectivity index is 2.77. The van der Waals surface area contributed by atoms with Crippen molar-refractivity contribution in [3.8, 4) is 12.3 Å². The molecule has 0 heterocycles. The third kappa shape index (κ3) is 3.59. The highest BCUT2D eigenvalue weighted by molar-refractivity contribution is 6.16. The van der Waals surface area contributed by atoms with Crippen LogP contribution in [0.2, 0.25) is 0 Å². The molecule has 0 bridgehead atoms. The van der Waals surface area contributed by atoms with Crippen molar-refractivity contribution >= 4 is 7.85 Å². The Morgan fingerprint density at radius 3 is 2.59 bits per heavy atom. The van der Waals surface area contributed by atoms with E-state index in [4.69, 9.17) is 14.3 Å². The lowest BCUT2D eigenvalue weighted by molar-refractivity contribution is -0.00624. The molecule has 0 aliphatic heterocycles. The molecule has 2 nitrogen and oxygen atoms in total. The zero-order valence-corrected chi connectivity index (χ0v) is 9.81. The van der Waals surface area contributed by atoms with Gasteiger partial charge in [0.25, 0.3) is 0 Å². The molecule has 0 aliphatic carbocycles. The molecule has 4 heteroatoms. The average Bonchev–Trinajstić information content (AvgIpc) is 2.36. The fraction of sp³-hybridized carbons (Fsp3) is 0.385. The van der Waals surface area contributed by atoms with Crippen molar-refractivity contribution in [2.75, 3.05) is 13.7 Å². The number of alkyl halides is 1. The first-order valence-electron chi connectivity index (χ1n) is 5.33. The van der Waals surface area contributed by atoms with Crippen LogP contribution in [0.1, 0.15) is 5.56 Å². The molecule has 1 aromatic rings. The molecule has 17 heavy (non-hydrogen) atoms. The Bertz CT molecular complexity index is 388. The maximum Gasteiger partial charge on any atom is 0.154 e. The summed E-state index contributed by atoms with van der Waals surface area (Å²) in [5.74, 6) is 2.03. The largest absolute Gasteiger partial charge is 0.374 e. The minimum atomic E-state index is -1.93. The van der Waals surface area contributed by atoms with Crippen molar-refractivity contribution in [2.24, 2.45) is 0 Å². The van der Waals surface area contributed by atoms with Crippen LogP contribution < -0.4 is 0 Å². The maximum absolute atomic E-state index is 13.0. The smallest absolute Gasteiger partial charge is 0.154 e. The molecule has 1 N–H and O–H groups in total. The standard InChI is InChI=1S/C13H15BFNO/c1-3-13(14,17)16(2)12(10-15)9-11-7-5-4-6-8-11/h1,4-8,12,17H,9-10H2,2H3. The van der Waals surface area contributed by atoms with Crippen LogP contribution >= 0.6 is 0 Å². The highest BCUT2D eigenvalue weighted by Crippen LogP contribution is 2.14. The van der Waals surface area contributed by atoms with E-state index in [2.05, 4.69) is 0 Å². The summed E-state index contributed by atoms with van der Waals surface area (Å²) in [4.78, 5) is 1.26. The van der Waals surface area contributed by atoms with Crippen LogP contribution in [0.4, 0.5) is 4.39 Å². The normalized spacial score (nSPS) is 16.2. The van der Waals surface area contributed by atoms with E-state index in [1.807, 2.05) is 36.3 Å². The zero-order chi connectivity index (χ0) is 12.9. The van der Waals surface area contributed by atoms with E-state index in [9.17, 15) is 9.50 Å². The number of terminal acetylenes is 1. The van der Waals surface area contributed by atoms with E-state index in [1.165, 1.54) is 11.9 Å². The lowest BCUT2D eigenvalue weighted by atomic mass is 9.88. The first-order chi connectivity index (χ1) is 8.01. The molecule has 0 fully saturated rings. The average molecular weight is 231 g/mol. The summed E-state index contributed by atoms with van der Waals surface area (Å²) in [6, 6.07) is 8.87. The predicted octanol–water partition coefficient (Wildman–Crippen LogP) is 0.947. The van der Waals surface area contributed by atoms with Crippen LogP contribution in [-0.4, -0.2) is 43.2 Å². The van der Waals surface area contributed by atoms with Gasteiger partial charge in [0.1, 0.15) is 12.3 Å². The van der Waals surface area contributed by atoms with E-state index >= 15 is 0 Å². The molecule has 0 spiro atoms. The molecule has 1 aromatic carbocycles. The summed E-state index contributed by atoms with van der Waals surface area (Å²) in [5.41, 5.74) is -0.958. The summed E-state index contributed by atoms with van der Waals surface area (Å²) in [6.07, 6.45) is 5.54. The predicted molar refractivity (Wildman–Crippen MR) is 67.2 cm³/mol. The molecule has 0 saturated heterocycles. The number of likely N-dealkylation sites (N-methyl/N-ethyl adjacent to an activating group) is 1. The summed E-state index contributed by atoms with van der Waals surface area (Å²) in [5, 5.41) is 9.67. The number of hydrogen-bond acceptors (Lipinski definition) is 2. The molecule has 0 aliphatic rings. The quantitative estimate of drug-likeness (QED) is 0.463. The Kier molecular flexibility index (Phi) is 4.74. The second-order valence-corrected chi connectivity index (χ2v) is 3.98. The third-order valence-corrected chi connectivity index (χ3v) is 2.79. The zero-order valence-electron chi connectivity index (χ0n) is 9.81. The van der Waals surface area contributed by atoms with Crippen molar-refractivity contribution in [2.45, 2.75) is 18.1 Å². The van der Waals surface area contributed by atoms with Crippen molar-refractivity contribution in [3.63, 3.8) is 0 Å². The van der Waals surface area contributed by atoms with E-state index < -0.39 is 18.3 Å². The number of benzene rings is 1. The van der Waals surface area contributed by atoms with Crippen molar-refractivity contribution in [1.82, 2.24) is 4.90 Å². The van der Waals surface area contributed by atoms with Gasteiger partial charge in [-0.1, -0.05) is 36.3 Å². The number of nitrogens with zero attached hydrogens (tertiary/aromatic N) is 1. The van der Waals surface area contributed by atoms with E-state index in [0.717, 1.165) is 5.56 Å². The lowest BCUT2D eigenvalue weighted by Crippen LogP contribution is -2.52. The van der Waals surface area contributed by atoms with Crippen LogP contribution in [0.15, 0.2) is 30.3 Å². The molecule has 2 radical (unpaired) electrons. The van der Waals surface area contributed by atoms with Crippen molar-refractivity contribution in [3.05, 3.63) is 35.9 Å². The highest BCUT2D eigenvalue weighted by atomic mass is 19.1. The summed E-state index contributed by atoms with van der Waals surface area (Å²) >= 11 is 0. The summed E-state index contributed by atoms with van der Waals surface area (Å²) in [6.45, 7) is -0.632. The van der Waals surface area contributed by atoms with Crippen LogP contribution in [-0.2, 0) is 6.42 Å². The van der Waals surface area contributed by atoms with Crippen LogP contribution in [0, 0.1) is 12.3 Å². The molecule has 0 aromatic heterocycles. The van der Waals surface area contributed by atoms with Gasteiger partial charge in [0.05, 0.1) is 0 Å². The number of aliphatic hydroxyl groups is 1. The van der Waals surface area contributed by atoms with Gasteiger partial charge in [0.15, 0.2) is 7.85 Å². The van der Waals surface area contributed by atoms with Crippen LogP contribution in [0.25, 0.3) is 0 Å². The number of hydrogen-bond donors (Lipinski definition) is 1. The van der Waals surface area contributed by atoms with Gasteiger partial charge >= 0.3 is 0 Å². The lowest BCUT2D eigenvalue weighted by Gasteiger charge is -2.35. The van der Waals surface area contributed by atoms with E-state index in [-0.39, 0.29) is 0 Å². The molecule has 2 atom stereocenters. The monoisotopic (exact) mass is 231 g/mol. The highest BCUT2D eigenvalue weighted by Gasteiger charge is 2.29. The van der Waals surface area contributed by atoms with E-state index in [1.54, 1.807) is 0 Å². The van der Waals surface area contributed by atoms with Gasteiger partial charge in [-0.2, -0.15) is 0 Å². The summed E-state index contributed by atoms with van der Waals surface area (Å²) in [7, 11) is 6.98. The van der Waals surface area contributed by atoms with Gasteiger partial charge in [0, 0.05) is 6.04 Å². The van der Waals surface area contributed by atoms with Gasteiger partial charge in [-0.05, 0) is 19.0 Å². The topological polar surface area (TPSA) is 23.5 Å². The molecule has 0 amide bonds. The molecular formula is C13H15BFNO. The second kappa shape index (κ2) is 5.86. The van der Waals surface area contributed by atoms with Crippen molar-refractivity contribution in [1.29, 1.82) is 0 Å².